The number of hydrogen-bond donors (Lipinski definition) is 1. The second-order valence-electron chi connectivity index (χ2n) is 7.31. The number of nitrogens with zero attached hydrogens (tertiary/aromatic N) is 1. The number of anilines is 1. The number of hydrogen-bond acceptors (Lipinski definition) is 4. The predicted molar refractivity (Wildman–Crippen MR) is 119 cm³/mol. The zero-order valence-corrected chi connectivity index (χ0v) is 17.7. The van der Waals surface area contributed by atoms with Crippen LogP contribution in [0.15, 0.2) is 66.0 Å². The van der Waals surface area contributed by atoms with Crippen molar-refractivity contribution in [1.29, 1.82) is 0 Å². The number of methoxy groups -OCH3 is 1. The van der Waals surface area contributed by atoms with Gasteiger partial charge in [-0.1, -0.05) is 36.4 Å². The summed E-state index contributed by atoms with van der Waals surface area (Å²) in [7, 11) is 1.65. The van der Waals surface area contributed by atoms with Crippen LogP contribution in [0.2, 0.25) is 0 Å². The smallest absolute Gasteiger partial charge is 0.264 e. The molecule has 0 radical (unpaired) electrons. The first-order valence-electron chi connectivity index (χ1n) is 10.0. The lowest BCUT2D eigenvalue weighted by molar-refractivity contribution is -0.119. The summed E-state index contributed by atoms with van der Waals surface area (Å²) in [6.45, 7) is 0.608. The molecule has 1 saturated heterocycles. The Bertz CT molecular complexity index is 1020. The van der Waals surface area contributed by atoms with Crippen molar-refractivity contribution in [2.75, 3.05) is 19.0 Å². The minimum atomic E-state index is -0.445. The summed E-state index contributed by atoms with van der Waals surface area (Å²) in [5, 5.41) is 4.89. The fraction of sp³-hybridized carbons (Fsp3) is 0.250. The van der Waals surface area contributed by atoms with E-state index in [-0.39, 0.29) is 11.8 Å². The Morgan fingerprint density at radius 3 is 2.70 bits per heavy atom. The summed E-state index contributed by atoms with van der Waals surface area (Å²) in [4.78, 5) is 28.1. The van der Waals surface area contributed by atoms with Gasteiger partial charge in [0.1, 0.15) is 11.8 Å². The summed E-state index contributed by atoms with van der Waals surface area (Å²) in [5.41, 5.74) is 2.88. The maximum atomic E-state index is 13.0. The van der Waals surface area contributed by atoms with Gasteiger partial charge in [-0.2, -0.15) is 0 Å². The van der Waals surface area contributed by atoms with Crippen LogP contribution >= 0.6 is 11.3 Å². The van der Waals surface area contributed by atoms with Crippen molar-refractivity contribution in [3.05, 3.63) is 82.0 Å². The number of likely N-dealkylation sites (tertiary alicyclic amines) is 1. The molecular formula is C24H24N2O3S. The molecule has 2 amide bonds. The standard InChI is InChI=1S/C24H24N2O3S/c1-29-21-12-11-19(16-18(21)15-17-7-3-2-4-8-17)25-23(27)20-9-5-13-26(20)24(28)22-10-6-14-30-22/h2-4,6-8,10-12,14,16,20H,5,9,13,15H2,1H3,(H,25,27)/t20-/m0/s1. The van der Waals surface area contributed by atoms with Gasteiger partial charge in [0.25, 0.3) is 5.91 Å². The minimum absolute atomic E-state index is 0.0675. The molecule has 0 spiro atoms. The van der Waals surface area contributed by atoms with E-state index in [0.29, 0.717) is 30.0 Å². The molecule has 4 rings (SSSR count). The molecule has 1 atom stereocenters. The number of carbonyl (C=O) groups excluding carboxylic acids is 2. The van der Waals surface area contributed by atoms with E-state index in [1.807, 2.05) is 47.8 Å². The van der Waals surface area contributed by atoms with Crippen molar-refractivity contribution in [1.82, 2.24) is 4.90 Å². The van der Waals surface area contributed by atoms with Gasteiger partial charge in [-0.25, -0.2) is 0 Å². The lowest BCUT2D eigenvalue weighted by Crippen LogP contribution is -2.42. The van der Waals surface area contributed by atoms with Crippen molar-refractivity contribution >= 4 is 28.8 Å². The third-order valence-electron chi connectivity index (χ3n) is 5.33. The first kappa shape index (κ1) is 20.2. The predicted octanol–water partition coefficient (Wildman–Crippen LogP) is 4.59. The molecule has 154 valence electrons. The van der Waals surface area contributed by atoms with Crippen LogP contribution in [-0.4, -0.2) is 36.4 Å². The van der Waals surface area contributed by atoms with Gasteiger partial charge in [-0.05, 0) is 48.1 Å². The minimum Gasteiger partial charge on any atom is -0.496 e. The Hall–Kier alpha value is -3.12. The average molecular weight is 421 g/mol. The van der Waals surface area contributed by atoms with E-state index in [2.05, 4.69) is 17.4 Å². The third kappa shape index (κ3) is 4.39. The molecule has 3 aromatic rings. The number of benzene rings is 2. The lowest BCUT2D eigenvalue weighted by atomic mass is 10.0. The number of nitrogens with one attached hydrogen (secondary N) is 1. The molecule has 1 fully saturated rings. The molecule has 1 aliphatic rings. The van der Waals surface area contributed by atoms with Crippen LogP contribution < -0.4 is 10.1 Å². The molecular weight excluding hydrogens is 396 g/mol. The molecule has 1 aliphatic heterocycles. The van der Waals surface area contributed by atoms with Gasteiger partial charge in [0, 0.05) is 24.2 Å². The molecule has 30 heavy (non-hydrogen) atoms. The van der Waals surface area contributed by atoms with Gasteiger partial charge in [0.05, 0.1) is 12.0 Å². The highest BCUT2D eigenvalue weighted by Gasteiger charge is 2.35. The largest absolute Gasteiger partial charge is 0.496 e. The number of amides is 2. The SMILES string of the molecule is COc1ccc(NC(=O)[C@@H]2CCCN2C(=O)c2cccs2)cc1Cc1ccccc1. The lowest BCUT2D eigenvalue weighted by Gasteiger charge is -2.23. The number of ether oxygens (including phenoxy) is 1. The van der Waals surface area contributed by atoms with E-state index in [0.717, 1.165) is 17.7 Å². The van der Waals surface area contributed by atoms with E-state index >= 15 is 0 Å². The Labute approximate surface area is 180 Å². The highest BCUT2D eigenvalue weighted by Crippen LogP contribution is 2.27. The first-order chi connectivity index (χ1) is 14.7. The second kappa shape index (κ2) is 9.13. The maximum Gasteiger partial charge on any atom is 0.264 e. The van der Waals surface area contributed by atoms with Crippen LogP contribution in [0.25, 0.3) is 0 Å². The van der Waals surface area contributed by atoms with Crippen molar-refractivity contribution in [2.24, 2.45) is 0 Å². The maximum absolute atomic E-state index is 13.0. The van der Waals surface area contributed by atoms with Gasteiger partial charge < -0.3 is 15.0 Å². The zero-order valence-electron chi connectivity index (χ0n) is 16.8. The summed E-state index contributed by atoms with van der Waals surface area (Å²) in [5.74, 6) is 0.572. The normalized spacial score (nSPS) is 15.8. The Balaban J connectivity index is 1.50. The molecule has 2 heterocycles. The van der Waals surface area contributed by atoms with Crippen LogP contribution in [0.1, 0.15) is 33.6 Å². The molecule has 6 heteroatoms. The van der Waals surface area contributed by atoms with Crippen LogP contribution in [0, 0.1) is 0 Å². The summed E-state index contributed by atoms with van der Waals surface area (Å²) in [6.07, 6.45) is 2.22. The fourth-order valence-electron chi connectivity index (χ4n) is 3.86. The molecule has 5 nitrogen and oxygen atoms in total. The van der Waals surface area contributed by atoms with Crippen molar-refractivity contribution in [3.8, 4) is 5.75 Å². The van der Waals surface area contributed by atoms with Gasteiger partial charge in [0.15, 0.2) is 0 Å². The summed E-state index contributed by atoms with van der Waals surface area (Å²) in [6, 6.07) is 19.0. The van der Waals surface area contributed by atoms with Crippen molar-refractivity contribution in [2.45, 2.75) is 25.3 Å². The van der Waals surface area contributed by atoms with Crippen LogP contribution in [0.3, 0.4) is 0 Å². The molecule has 0 saturated carbocycles. The highest BCUT2D eigenvalue weighted by molar-refractivity contribution is 7.12. The molecule has 2 aromatic carbocycles. The average Bonchev–Trinajstić information content (AvgIpc) is 3.47. The fourth-order valence-corrected chi connectivity index (χ4v) is 4.54. The van der Waals surface area contributed by atoms with Gasteiger partial charge in [0.2, 0.25) is 5.91 Å². The summed E-state index contributed by atoms with van der Waals surface area (Å²) < 4.78 is 5.50. The van der Waals surface area contributed by atoms with Crippen LogP contribution in [0.5, 0.6) is 5.75 Å². The van der Waals surface area contributed by atoms with Crippen molar-refractivity contribution in [3.63, 3.8) is 0 Å². The highest BCUT2D eigenvalue weighted by atomic mass is 32.1. The molecule has 0 aliphatic carbocycles. The Kier molecular flexibility index (Phi) is 6.14. The number of carbonyl (C=O) groups is 2. The molecule has 0 bridgehead atoms. The molecule has 0 unspecified atom stereocenters. The van der Waals surface area contributed by atoms with Gasteiger partial charge in [-0.15, -0.1) is 11.3 Å². The van der Waals surface area contributed by atoms with E-state index in [1.54, 1.807) is 18.1 Å². The van der Waals surface area contributed by atoms with E-state index < -0.39 is 6.04 Å². The molecule has 1 N–H and O–H groups in total. The van der Waals surface area contributed by atoms with Crippen LogP contribution in [-0.2, 0) is 11.2 Å². The molecule has 1 aromatic heterocycles. The second-order valence-corrected chi connectivity index (χ2v) is 8.26. The zero-order chi connectivity index (χ0) is 20.9. The Morgan fingerprint density at radius 2 is 1.97 bits per heavy atom. The first-order valence-corrected chi connectivity index (χ1v) is 10.9. The quantitative estimate of drug-likeness (QED) is 0.634. The third-order valence-corrected chi connectivity index (χ3v) is 6.19. The number of thiophene rings is 1. The monoisotopic (exact) mass is 420 g/mol. The van der Waals surface area contributed by atoms with E-state index in [4.69, 9.17) is 4.74 Å². The van der Waals surface area contributed by atoms with Crippen LogP contribution in [0.4, 0.5) is 5.69 Å². The van der Waals surface area contributed by atoms with Crippen molar-refractivity contribution < 1.29 is 14.3 Å². The van der Waals surface area contributed by atoms with Gasteiger partial charge in [-0.3, -0.25) is 9.59 Å². The number of rotatable bonds is 6. The van der Waals surface area contributed by atoms with E-state index in [9.17, 15) is 9.59 Å². The Morgan fingerprint density at radius 1 is 1.13 bits per heavy atom. The van der Waals surface area contributed by atoms with Gasteiger partial charge >= 0.3 is 0 Å². The van der Waals surface area contributed by atoms with E-state index in [1.165, 1.54) is 16.9 Å². The topological polar surface area (TPSA) is 58.6 Å². The summed E-state index contributed by atoms with van der Waals surface area (Å²) >= 11 is 1.41.